The number of carboxylic acids is 1. The fourth-order valence-electron chi connectivity index (χ4n) is 2.79. The van der Waals surface area contributed by atoms with E-state index in [0.29, 0.717) is 13.0 Å². The minimum atomic E-state index is -0.743. The van der Waals surface area contributed by atoms with Crippen molar-refractivity contribution in [1.82, 2.24) is 0 Å². The Bertz CT molecular complexity index is 344. The first kappa shape index (κ1) is 15.0. The van der Waals surface area contributed by atoms with Gasteiger partial charge in [-0.1, -0.05) is 43.6 Å². The Morgan fingerprint density at radius 2 is 2.28 bits per heavy atom. The third-order valence-electron chi connectivity index (χ3n) is 3.88. The van der Waals surface area contributed by atoms with Gasteiger partial charge in [0.15, 0.2) is 0 Å². The molecule has 0 aliphatic heterocycles. The van der Waals surface area contributed by atoms with Crippen LogP contribution in [0.25, 0.3) is 0 Å². The zero-order chi connectivity index (χ0) is 13.6. The second-order valence-electron chi connectivity index (χ2n) is 5.05. The fraction of sp³-hybridized carbons (Fsp3) is 0.667. The van der Waals surface area contributed by atoms with Gasteiger partial charge in [0.05, 0.1) is 5.41 Å². The molecule has 2 unspecified atom stereocenters. The number of carboxylic acid groups (broad SMARTS) is 1. The van der Waals surface area contributed by atoms with Gasteiger partial charge in [0.25, 0.3) is 0 Å². The Morgan fingerprint density at radius 3 is 2.83 bits per heavy atom. The summed E-state index contributed by atoms with van der Waals surface area (Å²) in [4.78, 5) is 11.8. The maximum Gasteiger partial charge on any atom is 0.314 e. The van der Waals surface area contributed by atoms with Gasteiger partial charge in [-0.2, -0.15) is 0 Å². The van der Waals surface area contributed by atoms with Gasteiger partial charge < -0.3 is 9.84 Å². The van der Waals surface area contributed by atoms with Crippen molar-refractivity contribution in [2.75, 3.05) is 13.7 Å². The molecule has 1 N–H and O–H groups in total. The minimum Gasteiger partial charge on any atom is -0.481 e. The van der Waals surface area contributed by atoms with E-state index in [-0.39, 0.29) is 5.92 Å². The van der Waals surface area contributed by atoms with Crippen LogP contribution in [-0.2, 0) is 9.53 Å². The Labute approximate surface area is 110 Å². The summed E-state index contributed by atoms with van der Waals surface area (Å²) in [5.74, 6) is -0.660. The lowest BCUT2D eigenvalue weighted by Gasteiger charge is -2.37. The van der Waals surface area contributed by atoms with Crippen molar-refractivity contribution in [2.24, 2.45) is 11.3 Å². The smallest absolute Gasteiger partial charge is 0.314 e. The molecule has 1 aliphatic carbocycles. The van der Waals surface area contributed by atoms with E-state index in [9.17, 15) is 9.90 Å². The Balaban J connectivity index is 2.99. The third kappa shape index (κ3) is 3.02. The predicted molar refractivity (Wildman–Crippen MR) is 72.5 cm³/mol. The summed E-state index contributed by atoms with van der Waals surface area (Å²) in [5.41, 5.74) is 0.404. The van der Waals surface area contributed by atoms with Crippen LogP contribution in [0.2, 0.25) is 0 Å². The first-order valence-corrected chi connectivity index (χ1v) is 6.66. The highest BCUT2D eigenvalue weighted by atomic mass is 16.5. The van der Waals surface area contributed by atoms with Gasteiger partial charge in [-0.15, -0.1) is 0 Å². The zero-order valence-corrected chi connectivity index (χ0v) is 11.6. The molecule has 102 valence electrons. The molecule has 0 heterocycles. The summed E-state index contributed by atoms with van der Waals surface area (Å²) in [5, 5.41) is 9.68. The molecule has 1 aliphatic rings. The molecule has 0 spiro atoms. The minimum absolute atomic E-state index is 0.0477. The van der Waals surface area contributed by atoms with Gasteiger partial charge in [0.1, 0.15) is 0 Å². The fourth-order valence-corrected chi connectivity index (χ4v) is 2.79. The molecule has 3 heteroatoms. The van der Waals surface area contributed by atoms with Gasteiger partial charge in [0.2, 0.25) is 0 Å². The number of unbranched alkanes of at least 4 members (excludes halogenated alkanes) is 1. The SMILES string of the molecule is CCCCC1(C(=O)O)C=CC=C(C)C1CCOC. The number of hydrogen-bond acceptors (Lipinski definition) is 2. The lowest BCUT2D eigenvalue weighted by Crippen LogP contribution is -2.39. The number of hydrogen-bond donors (Lipinski definition) is 1. The van der Waals surface area contributed by atoms with Crippen LogP contribution < -0.4 is 0 Å². The number of carbonyl (C=O) groups is 1. The lowest BCUT2D eigenvalue weighted by atomic mass is 9.65. The molecule has 0 saturated heterocycles. The molecule has 0 saturated carbocycles. The molecular weight excluding hydrogens is 228 g/mol. The first-order valence-electron chi connectivity index (χ1n) is 6.66. The van der Waals surface area contributed by atoms with Crippen LogP contribution in [0.1, 0.15) is 39.5 Å². The van der Waals surface area contributed by atoms with Crippen molar-refractivity contribution in [1.29, 1.82) is 0 Å². The highest BCUT2D eigenvalue weighted by Gasteiger charge is 2.44. The molecule has 0 fully saturated rings. The van der Waals surface area contributed by atoms with Crippen LogP contribution in [0.3, 0.4) is 0 Å². The molecule has 0 bridgehead atoms. The number of allylic oxidation sites excluding steroid dienone is 3. The highest BCUT2D eigenvalue weighted by Crippen LogP contribution is 2.44. The maximum atomic E-state index is 11.8. The monoisotopic (exact) mass is 252 g/mol. The second-order valence-corrected chi connectivity index (χ2v) is 5.05. The van der Waals surface area contributed by atoms with Gasteiger partial charge in [-0.05, 0) is 19.8 Å². The van der Waals surface area contributed by atoms with Crippen LogP contribution in [0.4, 0.5) is 0 Å². The highest BCUT2D eigenvalue weighted by molar-refractivity contribution is 5.78. The van der Waals surface area contributed by atoms with Crippen molar-refractivity contribution >= 4 is 5.97 Å². The molecule has 2 atom stereocenters. The zero-order valence-electron chi connectivity index (χ0n) is 11.6. The molecule has 3 nitrogen and oxygen atoms in total. The van der Waals surface area contributed by atoms with E-state index >= 15 is 0 Å². The normalized spacial score (nSPS) is 27.1. The summed E-state index contributed by atoms with van der Waals surface area (Å²) in [6.45, 7) is 4.72. The van der Waals surface area contributed by atoms with Crippen molar-refractivity contribution in [3.05, 3.63) is 23.8 Å². The van der Waals surface area contributed by atoms with Crippen LogP contribution in [0.15, 0.2) is 23.8 Å². The van der Waals surface area contributed by atoms with E-state index in [1.165, 1.54) is 0 Å². The van der Waals surface area contributed by atoms with Crippen molar-refractivity contribution in [3.63, 3.8) is 0 Å². The second kappa shape index (κ2) is 6.74. The molecular formula is C15H24O3. The average Bonchev–Trinajstić information content (AvgIpc) is 2.35. The Morgan fingerprint density at radius 1 is 1.56 bits per heavy atom. The Kier molecular flexibility index (Phi) is 5.60. The maximum absolute atomic E-state index is 11.8. The first-order chi connectivity index (χ1) is 8.58. The summed E-state index contributed by atoms with van der Waals surface area (Å²) >= 11 is 0. The average molecular weight is 252 g/mol. The summed E-state index contributed by atoms with van der Waals surface area (Å²) in [7, 11) is 1.66. The molecule has 18 heavy (non-hydrogen) atoms. The standard InChI is InChI=1S/C15H24O3/c1-4-5-9-15(14(16)17)10-6-7-12(2)13(15)8-11-18-3/h6-7,10,13H,4-5,8-9,11H2,1-3H3,(H,16,17). The van der Waals surface area contributed by atoms with E-state index in [4.69, 9.17) is 4.74 Å². The number of aliphatic carboxylic acids is 1. The number of methoxy groups -OCH3 is 1. The molecule has 0 aromatic carbocycles. The molecule has 1 rings (SSSR count). The van der Waals surface area contributed by atoms with E-state index in [2.05, 4.69) is 6.92 Å². The summed E-state index contributed by atoms with van der Waals surface area (Å²) in [6, 6.07) is 0. The Hall–Kier alpha value is -1.09. The van der Waals surface area contributed by atoms with Gasteiger partial charge in [0, 0.05) is 19.6 Å². The lowest BCUT2D eigenvalue weighted by molar-refractivity contribution is -0.149. The number of ether oxygens (including phenoxy) is 1. The van der Waals surface area contributed by atoms with Gasteiger partial charge >= 0.3 is 5.97 Å². The van der Waals surface area contributed by atoms with E-state index in [1.54, 1.807) is 7.11 Å². The summed E-state index contributed by atoms with van der Waals surface area (Å²) in [6.07, 6.45) is 9.21. The number of rotatable bonds is 7. The van der Waals surface area contributed by atoms with Crippen LogP contribution in [0.5, 0.6) is 0 Å². The van der Waals surface area contributed by atoms with E-state index < -0.39 is 11.4 Å². The van der Waals surface area contributed by atoms with E-state index in [1.807, 2.05) is 25.2 Å². The van der Waals surface area contributed by atoms with E-state index in [0.717, 1.165) is 24.8 Å². The van der Waals surface area contributed by atoms with Crippen LogP contribution >= 0.6 is 0 Å². The summed E-state index contributed by atoms with van der Waals surface area (Å²) < 4.78 is 5.13. The van der Waals surface area contributed by atoms with Gasteiger partial charge in [-0.25, -0.2) is 0 Å². The van der Waals surface area contributed by atoms with Crippen LogP contribution in [-0.4, -0.2) is 24.8 Å². The van der Waals surface area contributed by atoms with Crippen molar-refractivity contribution in [2.45, 2.75) is 39.5 Å². The topological polar surface area (TPSA) is 46.5 Å². The predicted octanol–water partition coefficient (Wildman–Crippen LogP) is 3.42. The third-order valence-corrected chi connectivity index (χ3v) is 3.88. The van der Waals surface area contributed by atoms with Crippen molar-refractivity contribution in [3.8, 4) is 0 Å². The van der Waals surface area contributed by atoms with Crippen LogP contribution in [0, 0.1) is 11.3 Å². The molecule has 0 aromatic rings. The van der Waals surface area contributed by atoms with Gasteiger partial charge in [-0.3, -0.25) is 4.79 Å². The molecule has 0 radical (unpaired) electrons. The largest absolute Gasteiger partial charge is 0.481 e. The quantitative estimate of drug-likeness (QED) is 0.755. The molecule has 0 amide bonds. The molecule has 0 aromatic heterocycles. The van der Waals surface area contributed by atoms with Crippen molar-refractivity contribution < 1.29 is 14.6 Å².